The molecule has 154 valence electrons. The molecule has 8 heteroatoms. The molecule has 1 saturated heterocycles. The van der Waals surface area contributed by atoms with Crippen molar-refractivity contribution in [2.24, 2.45) is 0 Å². The third-order valence-corrected chi connectivity index (χ3v) is 5.68. The number of hydrogen-bond acceptors (Lipinski definition) is 5. The summed E-state index contributed by atoms with van der Waals surface area (Å²) in [6.07, 6.45) is 10.3. The minimum Gasteiger partial charge on any atom is -0.353 e. The molecule has 0 bridgehead atoms. The van der Waals surface area contributed by atoms with Gasteiger partial charge in [-0.3, -0.25) is 9.80 Å². The van der Waals surface area contributed by atoms with E-state index in [2.05, 4.69) is 38.0 Å². The van der Waals surface area contributed by atoms with Crippen molar-refractivity contribution in [1.82, 2.24) is 20.1 Å². The lowest BCUT2D eigenvalue weighted by Gasteiger charge is -2.22. The van der Waals surface area contributed by atoms with Crippen LogP contribution in [0.4, 0.5) is 15.9 Å². The molecule has 4 heterocycles. The second-order valence-electron chi connectivity index (χ2n) is 7.74. The molecule has 5 rings (SSSR count). The number of carbonyl (C=O) groups is 1. The first kappa shape index (κ1) is 18.6. The Bertz CT molecular complexity index is 1110. The van der Waals surface area contributed by atoms with Crippen LogP contribution in [0, 0.1) is 12.7 Å². The number of nitrogens with zero attached hydrogens (tertiary/aromatic N) is 4. The summed E-state index contributed by atoms with van der Waals surface area (Å²) in [6.45, 7) is 3.65. The number of rotatable bonds is 4. The number of aromatic nitrogens is 2. The van der Waals surface area contributed by atoms with Crippen LogP contribution in [0.15, 0.2) is 61.2 Å². The summed E-state index contributed by atoms with van der Waals surface area (Å²) in [7, 11) is 0. The van der Waals surface area contributed by atoms with Crippen LogP contribution in [0.25, 0.3) is 5.52 Å². The van der Waals surface area contributed by atoms with Gasteiger partial charge in [0, 0.05) is 43.9 Å². The molecule has 2 unspecified atom stereocenters. The third-order valence-electron chi connectivity index (χ3n) is 5.68. The Morgan fingerprint density at radius 3 is 2.90 bits per heavy atom. The topological polar surface area (TPSA) is 64.9 Å². The molecule has 1 amide bonds. The number of amides is 1. The Morgan fingerprint density at radius 2 is 2.07 bits per heavy atom. The van der Waals surface area contributed by atoms with E-state index in [-0.39, 0.29) is 17.8 Å². The SMILES string of the molecule is Cc1ccn2ccnc(N3CCC(NC(=O)C4C=CN(c5ccc(F)cc5)N4)C3)c12. The lowest BCUT2D eigenvalue weighted by atomic mass is 10.2. The van der Waals surface area contributed by atoms with Gasteiger partial charge in [0.2, 0.25) is 5.91 Å². The maximum atomic E-state index is 13.1. The fourth-order valence-electron chi connectivity index (χ4n) is 4.11. The monoisotopic (exact) mass is 406 g/mol. The van der Waals surface area contributed by atoms with Crippen LogP contribution in [-0.4, -0.2) is 40.5 Å². The van der Waals surface area contributed by atoms with E-state index < -0.39 is 6.04 Å². The summed E-state index contributed by atoms with van der Waals surface area (Å²) in [5, 5.41) is 4.87. The molecular weight excluding hydrogens is 383 g/mol. The van der Waals surface area contributed by atoms with Gasteiger partial charge in [-0.05, 0) is 55.3 Å². The summed E-state index contributed by atoms with van der Waals surface area (Å²) in [5.74, 6) is 0.591. The molecule has 1 fully saturated rings. The van der Waals surface area contributed by atoms with Gasteiger partial charge >= 0.3 is 0 Å². The fourth-order valence-corrected chi connectivity index (χ4v) is 4.11. The first-order valence-corrected chi connectivity index (χ1v) is 10.1. The van der Waals surface area contributed by atoms with Gasteiger partial charge in [-0.15, -0.1) is 0 Å². The Kier molecular flexibility index (Phi) is 4.63. The molecule has 2 atom stereocenters. The molecule has 3 aromatic rings. The van der Waals surface area contributed by atoms with Gasteiger partial charge in [0.15, 0.2) is 5.82 Å². The first-order valence-electron chi connectivity index (χ1n) is 10.1. The predicted molar refractivity (Wildman–Crippen MR) is 114 cm³/mol. The largest absolute Gasteiger partial charge is 0.353 e. The van der Waals surface area contributed by atoms with Gasteiger partial charge in [0.1, 0.15) is 11.9 Å². The number of fused-ring (bicyclic) bond motifs is 1. The first-order chi connectivity index (χ1) is 14.6. The molecule has 2 aliphatic rings. The van der Waals surface area contributed by atoms with Crippen LogP contribution in [0.5, 0.6) is 0 Å². The summed E-state index contributed by atoms with van der Waals surface area (Å²) in [5.41, 5.74) is 6.20. The van der Waals surface area contributed by atoms with Crippen LogP contribution >= 0.6 is 0 Å². The van der Waals surface area contributed by atoms with E-state index >= 15 is 0 Å². The van der Waals surface area contributed by atoms with Crippen molar-refractivity contribution in [3.63, 3.8) is 0 Å². The molecule has 0 radical (unpaired) electrons. The number of nitrogens with one attached hydrogen (secondary N) is 2. The second kappa shape index (κ2) is 7.46. The predicted octanol–water partition coefficient (Wildman–Crippen LogP) is 2.38. The zero-order valence-corrected chi connectivity index (χ0v) is 16.6. The van der Waals surface area contributed by atoms with Gasteiger partial charge in [0.25, 0.3) is 0 Å². The highest BCUT2D eigenvalue weighted by Crippen LogP contribution is 2.26. The van der Waals surface area contributed by atoms with Crippen molar-refractivity contribution >= 4 is 22.9 Å². The number of anilines is 2. The fraction of sp³-hybridized carbons (Fsp3) is 0.273. The van der Waals surface area contributed by atoms with Crippen molar-refractivity contribution in [3.8, 4) is 0 Å². The molecule has 30 heavy (non-hydrogen) atoms. The zero-order valence-electron chi connectivity index (χ0n) is 16.6. The Hall–Kier alpha value is -3.39. The van der Waals surface area contributed by atoms with Crippen molar-refractivity contribution in [3.05, 3.63) is 72.6 Å². The van der Waals surface area contributed by atoms with E-state index in [0.29, 0.717) is 0 Å². The molecular formula is C22H23FN6O. The highest BCUT2D eigenvalue weighted by Gasteiger charge is 2.30. The lowest BCUT2D eigenvalue weighted by Crippen LogP contribution is -2.49. The van der Waals surface area contributed by atoms with Gasteiger partial charge < -0.3 is 14.6 Å². The van der Waals surface area contributed by atoms with Gasteiger partial charge in [-0.1, -0.05) is 0 Å². The average Bonchev–Trinajstić information content (AvgIpc) is 3.49. The van der Waals surface area contributed by atoms with Gasteiger partial charge in [0.05, 0.1) is 11.2 Å². The highest BCUT2D eigenvalue weighted by molar-refractivity contribution is 5.85. The van der Waals surface area contributed by atoms with Gasteiger partial charge in [-0.25, -0.2) is 14.8 Å². The Balaban J connectivity index is 1.21. The zero-order chi connectivity index (χ0) is 20.7. The average molecular weight is 406 g/mol. The molecule has 0 saturated carbocycles. The molecule has 7 nitrogen and oxygen atoms in total. The smallest absolute Gasteiger partial charge is 0.243 e. The second-order valence-corrected chi connectivity index (χ2v) is 7.74. The van der Waals surface area contributed by atoms with Crippen LogP contribution in [0.2, 0.25) is 0 Å². The molecule has 1 aromatic carbocycles. The molecule has 2 aliphatic heterocycles. The number of benzene rings is 1. The van der Waals surface area contributed by atoms with Crippen molar-refractivity contribution in [2.75, 3.05) is 23.0 Å². The standard InChI is InChI=1S/C22H23FN6O/c1-15-6-10-27-13-9-24-21(20(15)27)28-11-7-17(14-28)25-22(30)19-8-12-29(26-19)18-4-2-16(23)3-5-18/h2-6,8-10,12-13,17,19,26H,7,11,14H2,1H3,(H,25,30). The van der Waals surface area contributed by atoms with Crippen molar-refractivity contribution in [1.29, 1.82) is 0 Å². The van der Waals surface area contributed by atoms with Crippen LogP contribution in [0.3, 0.4) is 0 Å². The van der Waals surface area contributed by atoms with Crippen LogP contribution in [-0.2, 0) is 4.79 Å². The minimum atomic E-state index is -0.460. The Morgan fingerprint density at radius 1 is 1.23 bits per heavy atom. The van der Waals surface area contributed by atoms with E-state index in [4.69, 9.17) is 0 Å². The van der Waals surface area contributed by atoms with E-state index in [0.717, 1.165) is 36.5 Å². The van der Waals surface area contributed by atoms with Crippen molar-refractivity contribution < 1.29 is 9.18 Å². The molecule has 0 aliphatic carbocycles. The third kappa shape index (κ3) is 3.39. The summed E-state index contributed by atoms with van der Waals surface area (Å²) >= 11 is 0. The summed E-state index contributed by atoms with van der Waals surface area (Å²) in [4.78, 5) is 19.6. The number of halogens is 1. The van der Waals surface area contributed by atoms with E-state index in [1.807, 2.05) is 18.6 Å². The van der Waals surface area contributed by atoms with E-state index in [1.54, 1.807) is 29.4 Å². The summed E-state index contributed by atoms with van der Waals surface area (Å²) in [6, 6.07) is 7.81. The minimum absolute atomic E-state index is 0.0601. The number of carbonyl (C=O) groups excluding carboxylic acids is 1. The van der Waals surface area contributed by atoms with Crippen LogP contribution < -0.4 is 20.7 Å². The summed E-state index contributed by atoms with van der Waals surface area (Å²) < 4.78 is 15.2. The van der Waals surface area contributed by atoms with E-state index in [1.165, 1.54) is 17.7 Å². The lowest BCUT2D eigenvalue weighted by molar-refractivity contribution is -0.122. The number of hydrazine groups is 1. The number of aryl methyl sites for hydroxylation is 1. The molecule has 2 aromatic heterocycles. The number of hydrogen-bond donors (Lipinski definition) is 2. The molecule has 0 spiro atoms. The van der Waals surface area contributed by atoms with Crippen molar-refractivity contribution in [2.45, 2.75) is 25.4 Å². The van der Waals surface area contributed by atoms with E-state index in [9.17, 15) is 9.18 Å². The van der Waals surface area contributed by atoms with Crippen LogP contribution in [0.1, 0.15) is 12.0 Å². The quantitative estimate of drug-likeness (QED) is 0.697. The molecule has 2 N–H and O–H groups in total. The normalized spacial score (nSPS) is 21.0. The van der Waals surface area contributed by atoms with Gasteiger partial charge in [-0.2, -0.15) is 0 Å². The maximum Gasteiger partial charge on any atom is 0.243 e. The Labute approximate surface area is 173 Å². The highest BCUT2D eigenvalue weighted by atomic mass is 19.1. The maximum absolute atomic E-state index is 13.1.